The van der Waals surface area contributed by atoms with E-state index in [4.69, 9.17) is 9.15 Å². The number of carbonyl (C=O) groups is 1. The van der Waals surface area contributed by atoms with Crippen molar-refractivity contribution < 1.29 is 13.9 Å². The van der Waals surface area contributed by atoms with Crippen LogP contribution >= 0.6 is 0 Å². The smallest absolute Gasteiger partial charge is 0.366 e. The molecular weight excluding hydrogens is 232 g/mol. The molecule has 0 atom stereocenters. The topological polar surface area (TPSA) is 55.0 Å². The number of rotatable bonds is 1. The van der Waals surface area contributed by atoms with Crippen LogP contribution < -0.4 is 0 Å². The maximum absolute atomic E-state index is 11.8. The van der Waals surface area contributed by atoms with E-state index in [1.807, 2.05) is 36.4 Å². The van der Waals surface area contributed by atoms with Crippen molar-refractivity contribution in [2.75, 3.05) is 7.05 Å². The lowest BCUT2D eigenvalue weighted by Crippen LogP contribution is -2.15. The van der Waals surface area contributed by atoms with Crippen molar-refractivity contribution in [1.82, 2.24) is 4.90 Å². The number of furan rings is 1. The summed E-state index contributed by atoms with van der Waals surface area (Å²) in [7, 11) is 1.84. The third kappa shape index (κ3) is 1.66. The molecule has 0 spiro atoms. The normalized spacial score (nSPS) is 22.4. The predicted octanol–water partition coefficient (Wildman–Crippen LogP) is 1.81. The van der Waals surface area contributed by atoms with Gasteiger partial charge in [0.25, 0.3) is 5.90 Å². The van der Waals surface area contributed by atoms with Gasteiger partial charge in [-0.1, -0.05) is 6.08 Å². The zero-order valence-corrected chi connectivity index (χ0v) is 9.66. The van der Waals surface area contributed by atoms with Gasteiger partial charge in [-0.3, -0.25) is 0 Å². The zero-order chi connectivity index (χ0) is 12.5. The maximum atomic E-state index is 11.8. The van der Waals surface area contributed by atoms with Crippen molar-refractivity contribution in [2.45, 2.75) is 0 Å². The number of esters is 1. The van der Waals surface area contributed by atoms with Crippen LogP contribution in [0.5, 0.6) is 0 Å². The fourth-order valence-corrected chi connectivity index (χ4v) is 1.74. The van der Waals surface area contributed by atoms with Gasteiger partial charge >= 0.3 is 5.97 Å². The first-order chi connectivity index (χ1) is 8.75. The van der Waals surface area contributed by atoms with E-state index >= 15 is 0 Å². The van der Waals surface area contributed by atoms with Crippen molar-refractivity contribution in [3.63, 3.8) is 0 Å². The highest BCUT2D eigenvalue weighted by molar-refractivity contribution is 6.10. The summed E-state index contributed by atoms with van der Waals surface area (Å²) in [5.41, 5.74) is 0.980. The Labute approximate surface area is 103 Å². The van der Waals surface area contributed by atoms with Crippen LogP contribution in [-0.4, -0.2) is 23.8 Å². The largest absolute Gasteiger partial charge is 0.459 e. The molecule has 1 aromatic rings. The van der Waals surface area contributed by atoms with Gasteiger partial charge in [-0.15, -0.1) is 0 Å². The Morgan fingerprint density at radius 3 is 2.94 bits per heavy atom. The Morgan fingerprint density at radius 1 is 1.33 bits per heavy atom. The first kappa shape index (κ1) is 10.6. The van der Waals surface area contributed by atoms with E-state index in [1.165, 1.54) is 6.26 Å². The Bertz CT molecular complexity index is 606. The molecule has 1 aromatic heterocycles. The molecule has 2 aliphatic heterocycles. The summed E-state index contributed by atoms with van der Waals surface area (Å²) in [6, 6.07) is 3.41. The third-order valence-electron chi connectivity index (χ3n) is 2.63. The van der Waals surface area contributed by atoms with E-state index in [2.05, 4.69) is 4.99 Å². The number of cyclic esters (lactones) is 1. The lowest BCUT2D eigenvalue weighted by molar-refractivity contribution is -0.130. The van der Waals surface area contributed by atoms with E-state index in [-0.39, 0.29) is 11.6 Å². The van der Waals surface area contributed by atoms with Gasteiger partial charge in [-0.2, -0.15) is 0 Å². The molecule has 3 rings (SSSR count). The average Bonchev–Trinajstić information content (AvgIpc) is 2.99. The Morgan fingerprint density at radius 2 is 2.22 bits per heavy atom. The zero-order valence-electron chi connectivity index (χ0n) is 9.66. The third-order valence-corrected chi connectivity index (χ3v) is 2.63. The quantitative estimate of drug-likeness (QED) is 0.556. The molecule has 0 saturated carbocycles. The molecule has 3 heterocycles. The van der Waals surface area contributed by atoms with E-state index in [0.29, 0.717) is 11.5 Å². The highest BCUT2D eigenvalue weighted by atomic mass is 16.6. The van der Waals surface area contributed by atoms with Crippen molar-refractivity contribution in [3.05, 3.63) is 60.0 Å². The van der Waals surface area contributed by atoms with Gasteiger partial charge in [-0.25, -0.2) is 9.79 Å². The fourth-order valence-electron chi connectivity index (χ4n) is 1.74. The summed E-state index contributed by atoms with van der Waals surface area (Å²) >= 11 is 0. The molecule has 0 fully saturated rings. The summed E-state index contributed by atoms with van der Waals surface area (Å²) in [5, 5.41) is 0. The summed E-state index contributed by atoms with van der Waals surface area (Å²) < 4.78 is 10.2. The van der Waals surface area contributed by atoms with Gasteiger partial charge in [0, 0.05) is 13.2 Å². The van der Waals surface area contributed by atoms with E-state index in [1.54, 1.807) is 12.1 Å². The summed E-state index contributed by atoms with van der Waals surface area (Å²) in [6.45, 7) is 0. The number of ether oxygens (including phenoxy) is 1. The highest BCUT2D eigenvalue weighted by Gasteiger charge is 2.29. The van der Waals surface area contributed by atoms with E-state index in [0.717, 1.165) is 0 Å². The van der Waals surface area contributed by atoms with Gasteiger partial charge in [0.05, 0.1) is 12.0 Å². The fraction of sp³-hybridized carbons (Fsp3) is 0.0769. The molecule has 5 nitrogen and oxygen atoms in total. The minimum atomic E-state index is -0.469. The first-order valence-electron chi connectivity index (χ1n) is 5.42. The monoisotopic (exact) mass is 242 g/mol. The lowest BCUT2D eigenvalue weighted by Gasteiger charge is -2.17. The molecule has 0 aromatic carbocycles. The van der Waals surface area contributed by atoms with Gasteiger partial charge in [0.1, 0.15) is 0 Å². The molecule has 0 aliphatic carbocycles. The summed E-state index contributed by atoms with van der Waals surface area (Å²) in [5.74, 6) is 0.170. The molecule has 0 bridgehead atoms. The van der Waals surface area contributed by atoms with Crippen LogP contribution in [0.25, 0.3) is 0 Å². The standard InChI is InChI=1S/C13H10N2O3/c1-15-7-3-2-5-9(15)11-13(16)18-12(14-11)10-6-4-8-17-10/h2-8H,1H3/b11-9-. The van der Waals surface area contributed by atoms with E-state index < -0.39 is 5.97 Å². The molecule has 18 heavy (non-hydrogen) atoms. The Balaban J connectivity index is 2.03. The van der Waals surface area contributed by atoms with Crippen molar-refractivity contribution in [3.8, 4) is 0 Å². The van der Waals surface area contributed by atoms with Crippen molar-refractivity contribution in [1.29, 1.82) is 0 Å². The molecule has 2 aliphatic rings. The van der Waals surface area contributed by atoms with Crippen LogP contribution in [0, 0.1) is 0 Å². The minimum absolute atomic E-state index is 0.198. The first-order valence-corrected chi connectivity index (χ1v) is 5.42. The average molecular weight is 242 g/mol. The number of aliphatic imine (C=N–C) groups is 1. The molecule has 0 amide bonds. The number of nitrogens with zero attached hydrogens (tertiary/aromatic N) is 2. The Kier molecular flexibility index (Phi) is 2.37. The van der Waals surface area contributed by atoms with Gasteiger partial charge in [-0.05, 0) is 24.3 Å². The number of carbonyl (C=O) groups excluding carboxylic acids is 1. The molecule has 0 radical (unpaired) electrons. The van der Waals surface area contributed by atoms with E-state index in [9.17, 15) is 4.79 Å². The van der Waals surface area contributed by atoms with Crippen LogP contribution in [-0.2, 0) is 9.53 Å². The number of hydrogen-bond donors (Lipinski definition) is 0. The second kappa shape index (κ2) is 4.03. The van der Waals surface area contributed by atoms with Crippen LogP contribution in [0.15, 0.2) is 63.6 Å². The summed E-state index contributed by atoms with van der Waals surface area (Å²) in [6.07, 6.45) is 8.88. The second-order valence-electron chi connectivity index (χ2n) is 3.83. The van der Waals surface area contributed by atoms with Crippen LogP contribution in [0.1, 0.15) is 5.76 Å². The molecular formula is C13H10N2O3. The highest BCUT2D eigenvalue weighted by Crippen LogP contribution is 2.23. The van der Waals surface area contributed by atoms with Gasteiger partial charge < -0.3 is 14.1 Å². The molecule has 0 N–H and O–H groups in total. The lowest BCUT2D eigenvalue weighted by atomic mass is 10.2. The number of allylic oxidation sites excluding steroid dienone is 3. The van der Waals surface area contributed by atoms with Gasteiger partial charge in [0.15, 0.2) is 11.5 Å². The number of likely N-dealkylation sites (N-methyl/N-ethyl adjacent to an activating group) is 1. The molecule has 90 valence electrons. The molecule has 0 unspecified atom stereocenters. The molecule has 5 heteroatoms. The predicted molar refractivity (Wildman–Crippen MR) is 64.4 cm³/mol. The minimum Gasteiger partial charge on any atom is -0.459 e. The van der Waals surface area contributed by atoms with Crippen LogP contribution in [0.4, 0.5) is 0 Å². The Hall–Kier alpha value is -2.56. The SMILES string of the molecule is CN1C=CC=C/C1=C1/N=C(c2ccco2)OC1=O. The van der Waals surface area contributed by atoms with Gasteiger partial charge in [0.2, 0.25) is 0 Å². The molecule has 0 saturated heterocycles. The van der Waals surface area contributed by atoms with Crippen LogP contribution in [0.2, 0.25) is 0 Å². The van der Waals surface area contributed by atoms with Crippen LogP contribution in [0.3, 0.4) is 0 Å². The second-order valence-corrected chi connectivity index (χ2v) is 3.83. The van der Waals surface area contributed by atoms with Crippen molar-refractivity contribution >= 4 is 11.9 Å². The summed E-state index contributed by atoms with van der Waals surface area (Å²) in [4.78, 5) is 17.8. The number of hydrogen-bond acceptors (Lipinski definition) is 5. The van der Waals surface area contributed by atoms with Crippen molar-refractivity contribution in [2.24, 2.45) is 4.99 Å². The maximum Gasteiger partial charge on any atom is 0.366 e.